The number of pyridine rings is 1. The quantitative estimate of drug-likeness (QED) is 0.435. The standard InChI is InChI=1S/C13H15N3O4/c1-3-11(18)16(7-8-17)12-10(5-4-6-14-12)13(19)15-9-20-2/h3-6,8H,1,7,9H2,2H3,(H,15,19). The van der Waals surface area contributed by atoms with Crippen LogP contribution in [0.25, 0.3) is 0 Å². The van der Waals surface area contributed by atoms with Crippen LogP contribution in [0.15, 0.2) is 31.0 Å². The molecule has 7 nitrogen and oxygen atoms in total. The van der Waals surface area contributed by atoms with Gasteiger partial charge in [-0.25, -0.2) is 4.98 Å². The zero-order valence-corrected chi connectivity index (χ0v) is 11.0. The minimum atomic E-state index is -0.517. The smallest absolute Gasteiger partial charge is 0.256 e. The second-order valence-corrected chi connectivity index (χ2v) is 3.63. The fourth-order valence-corrected chi connectivity index (χ4v) is 1.49. The number of methoxy groups -OCH3 is 1. The van der Waals surface area contributed by atoms with E-state index in [1.54, 1.807) is 6.07 Å². The maximum Gasteiger partial charge on any atom is 0.256 e. The molecule has 1 N–H and O–H groups in total. The maximum absolute atomic E-state index is 12.0. The summed E-state index contributed by atoms with van der Waals surface area (Å²) in [5.74, 6) is -0.877. The number of rotatable bonds is 7. The largest absolute Gasteiger partial charge is 0.364 e. The summed E-state index contributed by atoms with van der Waals surface area (Å²) in [7, 11) is 1.43. The molecule has 0 aromatic carbocycles. The van der Waals surface area contributed by atoms with Crippen molar-refractivity contribution < 1.29 is 19.1 Å². The first-order chi connectivity index (χ1) is 9.65. The van der Waals surface area contributed by atoms with Crippen molar-refractivity contribution in [2.75, 3.05) is 25.3 Å². The van der Waals surface area contributed by atoms with E-state index in [4.69, 9.17) is 4.74 Å². The van der Waals surface area contributed by atoms with Gasteiger partial charge in [0.2, 0.25) is 0 Å². The molecular formula is C13H15N3O4. The summed E-state index contributed by atoms with van der Waals surface area (Å²) in [4.78, 5) is 39.5. The van der Waals surface area contributed by atoms with Gasteiger partial charge in [0.1, 0.15) is 18.8 Å². The summed E-state index contributed by atoms with van der Waals surface area (Å²) >= 11 is 0. The van der Waals surface area contributed by atoms with Crippen LogP contribution in [0, 0.1) is 0 Å². The van der Waals surface area contributed by atoms with E-state index in [9.17, 15) is 14.4 Å². The average molecular weight is 277 g/mol. The number of aldehydes is 1. The molecule has 7 heteroatoms. The van der Waals surface area contributed by atoms with E-state index in [-0.39, 0.29) is 24.7 Å². The van der Waals surface area contributed by atoms with Crippen LogP contribution in [0.3, 0.4) is 0 Å². The molecule has 0 radical (unpaired) electrons. The van der Waals surface area contributed by atoms with E-state index in [0.717, 1.165) is 11.0 Å². The van der Waals surface area contributed by atoms with Gasteiger partial charge >= 0.3 is 0 Å². The van der Waals surface area contributed by atoms with E-state index in [0.29, 0.717) is 6.29 Å². The second-order valence-electron chi connectivity index (χ2n) is 3.63. The van der Waals surface area contributed by atoms with Crippen LogP contribution in [0.5, 0.6) is 0 Å². The molecule has 1 heterocycles. The highest BCUT2D eigenvalue weighted by Crippen LogP contribution is 2.17. The number of nitrogens with zero attached hydrogens (tertiary/aromatic N) is 2. The Balaban J connectivity index is 3.14. The topological polar surface area (TPSA) is 88.6 Å². The van der Waals surface area contributed by atoms with E-state index in [2.05, 4.69) is 16.9 Å². The van der Waals surface area contributed by atoms with Crippen LogP contribution in [-0.4, -0.2) is 43.5 Å². The Morgan fingerprint density at radius 1 is 1.55 bits per heavy atom. The highest BCUT2D eigenvalue weighted by Gasteiger charge is 2.20. The number of carbonyl (C=O) groups is 3. The van der Waals surface area contributed by atoms with Crippen molar-refractivity contribution in [3.05, 3.63) is 36.5 Å². The molecule has 106 valence electrons. The first-order valence-electron chi connectivity index (χ1n) is 5.75. The molecule has 0 atom stereocenters. The van der Waals surface area contributed by atoms with Gasteiger partial charge in [0.05, 0.1) is 12.1 Å². The molecular weight excluding hydrogens is 262 g/mol. The molecule has 0 fully saturated rings. The van der Waals surface area contributed by atoms with Gasteiger partial charge in [0, 0.05) is 13.3 Å². The third-order valence-corrected chi connectivity index (χ3v) is 2.36. The summed E-state index contributed by atoms with van der Waals surface area (Å²) in [6.45, 7) is 3.17. The summed E-state index contributed by atoms with van der Waals surface area (Å²) in [5.41, 5.74) is 0.168. The van der Waals surface area contributed by atoms with Gasteiger partial charge in [0.15, 0.2) is 0 Å². The molecule has 0 aliphatic carbocycles. The zero-order chi connectivity index (χ0) is 15.0. The molecule has 0 aliphatic heterocycles. The summed E-state index contributed by atoms with van der Waals surface area (Å²) in [6.07, 6.45) is 3.03. The van der Waals surface area contributed by atoms with Crippen molar-refractivity contribution in [2.24, 2.45) is 0 Å². The number of anilines is 1. The zero-order valence-electron chi connectivity index (χ0n) is 11.0. The van der Waals surface area contributed by atoms with Crippen molar-refractivity contribution in [3.63, 3.8) is 0 Å². The molecule has 0 saturated carbocycles. The van der Waals surface area contributed by atoms with E-state index in [1.807, 2.05) is 0 Å². The average Bonchev–Trinajstić information content (AvgIpc) is 2.49. The minimum absolute atomic E-state index is 0.0241. The third kappa shape index (κ3) is 3.72. The number of aromatic nitrogens is 1. The summed E-state index contributed by atoms with van der Waals surface area (Å²) in [5, 5.41) is 2.49. The van der Waals surface area contributed by atoms with Crippen molar-refractivity contribution in [1.82, 2.24) is 10.3 Å². The molecule has 1 rings (SSSR count). The number of nitrogens with one attached hydrogen (secondary N) is 1. The number of amides is 2. The second kappa shape index (κ2) is 7.80. The number of carbonyl (C=O) groups excluding carboxylic acids is 3. The Kier molecular flexibility index (Phi) is 6.05. The van der Waals surface area contributed by atoms with E-state index in [1.165, 1.54) is 19.4 Å². The fourth-order valence-electron chi connectivity index (χ4n) is 1.49. The van der Waals surface area contributed by atoms with Crippen LogP contribution in [0.2, 0.25) is 0 Å². The monoisotopic (exact) mass is 277 g/mol. The number of ether oxygens (including phenoxy) is 1. The lowest BCUT2D eigenvalue weighted by Gasteiger charge is -2.19. The van der Waals surface area contributed by atoms with Crippen LogP contribution >= 0.6 is 0 Å². The summed E-state index contributed by atoms with van der Waals surface area (Å²) in [6, 6.07) is 3.06. The van der Waals surface area contributed by atoms with Gasteiger partial charge < -0.3 is 14.8 Å². The molecule has 2 amide bonds. The first-order valence-corrected chi connectivity index (χ1v) is 5.75. The van der Waals surface area contributed by atoms with E-state index < -0.39 is 11.8 Å². The van der Waals surface area contributed by atoms with Crippen molar-refractivity contribution in [2.45, 2.75) is 0 Å². The first kappa shape index (κ1) is 15.5. The molecule has 1 aromatic heterocycles. The van der Waals surface area contributed by atoms with Crippen LogP contribution in [-0.2, 0) is 14.3 Å². The SMILES string of the molecule is C=CC(=O)N(CC=O)c1ncccc1C(=O)NCOC. The molecule has 0 unspecified atom stereocenters. The molecule has 0 aliphatic rings. The molecule has 20 heavy (non-hydrogen) atoms. The minimum Gasteiger partial charge on any atom is -0.364 e. The van der Waals surface area contributed by atoms with Crippen LogP contribution in [0.4, 0.5) is 5.82 Å². The lowest BCUT2D eigenvalue weighted by Crippen LogP contribution is -2.35. The number of hydrogen-bond acceptors (Lipinski definition) is 5. The van der Waals surface area contributed by atoms with Gasteiger partial charge in [-0.1, -0.05) is 6.58 Å². The molecule has 0 bridgehead atoms. The lowest BCUT2D eigenvalue weighted by atomic mass is 10.2. The highest BCUT2D eigenvalue weighted by atomic mass is 16.5. The Morgan fingerprint density at radius 3 is 2.90 bits per heavy atom. The van der Waals surface area contributed by atoms with Gasteiger partial charge in [-0.05, 0) is 18.2 Å². The predicted octanol–water partition coefficient (Wildman–Crippen LogP) is 0.133. The van der Waals surface area contributed by atoms with Gasteiger partial charge in [0.25, 0.3) is 11.8 Å². The van der Waals surface area contributed by atoms with Gasteiger partial charge in [-0.15, -0.1) is 0 Å². The molecule has 0 saturated heterocycles. The maximum atomic E-state index is 12.0. The number of hydrogen-bond donors (Lipinski definition) is 1. The highest BCUT2D eigenvalue weighted by molar-refractivity contribution is 6.07. The normalized spacial score (nSPS) is 9.65. The van der Waals surface area contributed by atoms with Crippen molar-refractivity contribution in [1.29, 1.82) is 0 Å². The fraction of sp³-hybridized carbons (Fsp3) is 0.231. The lowest BCUT2D eigenvalue weighted by molar-refractivity contribution is -0.116. The van der Waals surface area contributed by atoms with E-state index >= 15 is 0 Å². The molecule has 1 aromatic rings. The van der Waals surface area contributed by atoms with Crippen LogP contribution in [0.1, 0.15) is 10.4 Å². The third-order valence-electron chi connectivity index (χ3n) is 2.36. The van der Waals surface area contributed by atoms with Gasteiger partial charge in [-0.2, -0.15) is 0 Å². The Bertz CT molecular complexity index is 516. The van der Waals surface area contributed by atoms with Crippen molar-refractivity contribution in [3.8, 4) is 0 Å². The van der Waals surface area contributed by atoms with Gasteiger partial charge in [-0.3, -0.25) is 14.5 Å². The van der Waals surface area contributed by atoms with Crippen molar-refractivity contribution >= 4 is 23.9 Å². The molecule has 0 spiro atoms. The Hall–Kier alpha value is -2.54. The summed E-state index contributed by atoms with van der Waals surface area (Å²) < 4.78 is 4.75. The Labute approximate surface area is 116 Å². The van der Waals surface area contributed by atoms with Crippen LogP contribution < -0.4 is 10.2 Å². The Morgan fingerprint density at radius 2 is 2.30 bits per heavy atom. The predicted molar refractivity (Wildman–Crippen MR) is 72.2 cm³/mol.